The number of likely N-dealkylation sites (tertiary alicyclic amines) is 1. The molecule has 2 aromatic heterocycles. The molecule has 1 aromatic carbocycles. The molecule has 2 fully saturated rings. The van der Waals surface area contributed by atoms with E-state index < -0.39 is 0 Å². The summed E-state index contributed by atoms with van der Waals surface area (Å²) in [7, 11) is 3.76. The van der Waals surface area contributed by atoms with Crippen LogP contribution in [-0.4, -0.2) is 70.3 Å². The molecule has 1 spiro atoms. The number of aromatic nitrogens is 2. The van der Waals surface area contributed by atoms with Gasteiger partial charge in [0.15, 0.2) is 0 Å². The first-order valence-corrected chi connectivity index (χ1v) is 14.2. The Bertz CT molecular complexity index is 1290. The first kappa shape index (κ1) is 25.4. The third kappa shape index (κ3) is 4.39. The number of amides is 1. The van der Waals surface area contributed by atoms with Gasteiger partial charge in [0.05, 0.1) is 31.7 Å². The van der Waals surface area contributed by atoms with Gasteiger partial charge in [0.25, 0.3) is 0 Å². The number of fused-ring (bicyclic) bond motifs is 4. The molecular formula is C31H40N4O3. The SMILES string of the molecule is COc1ccc2c3c(n(C)c2c1)[C@H](CO)N(C(=O)Cc1ccccn1)CC31CCN(CC2CCCC2)CC1. The zero-order valence-corrected chi connectivity index (χ0v) is 22.7. The van der Waals surface area contributed by atoms with Crippen molar-refractivity contribution in [2.75, 3.05) is 39.9 Å². The highest BCUT2D eigenvalue weighted by atomic mass is 16.5. The number of carbonyl (C=O) groups is 1. The predicted octanol–water partition coefficient (Wildman–Crippen LogP) is 4.22. The molecule has 6 rings (SSSR count). The van der Waals surface area contributed by atoms with Crippen LogP contribution in [0.3, 0.4) is 0 Å². The number of piperidine rings is 1. The number of hydrogen-bond acceptors (Lipinski definition) is 5. The molecule has 3 aromatic rings. The average molecular weight is 517 g/mol. The van der Waals surface area contributed by atoms with Gasteiger partial charge in [-0.05, 0) is 74.5 Å². The second kappa shape index (κ2) is 10.3. The van der Waals surface area contributed by atoms with Crippen molar-refractivity contribution in [1.82, 2.24) is 19.4 Å². The van der Waals surface area contributed by atoms with Crippen LogP contribution in [0.15, 0.2) is 42.6 Å². The Balaban J connectivity index is 1.39. The molecule has 202 valence electrons. The zero-order chi connectivity index (χ0) is 26.3. The number of nitrogens with zero attached hydrogens (tertiary/aromatic N) is 4. The molecule has 3 aliphatic rings. The molecule has 7 heteroatoms. The summed E-state index contributed by atoms with van der Waals surface area (Å²) in [5.74, 6) is 1.69. The molecule has 0 radical (unpaired) electrons. The molecule has 0 unspecified atom stereocenters. The second-order valence-electron chi connectivity index (χ2n) is 11.7. The second-order valence-corrected chi connectivity index (χ2v) is 11.7. The number of aryl methyl sites for hydroxylation is 1. The molecule has 7 nitrogen and oxygen atoms in total. The van der Waals surface area contributed by atoms with Crippen molar-refractivity contribution in [2.24, 2.45) is 13.0 Å². The zero-order valence-electron chi connectivity index (χ0n) is 22.7. The standard InChI is InChI=1S/C31H40N4O3/c1-33-26-18-24(38-2)10-11-25(26)29-30(33)27(20-36)35(28(37)17-23-9-5-6-14-32-23)21-31(29)12-15-34(16-13-31)19-22-7-3-4-8-22/h5-6,9-11,14,18,22,27,36H,3-4,7-8,12-13,15-17,19-21H2,1-2H3/t27-/m0/s1. The minimum absolute atomic E-state index is 0.0315. The van der Waals surface area contributed by atoms with Crippen molar-refractivity contribution in [3.05, 3.63) is 59.5 Å². The number of pyridine rings is 1. The minimum atomic E-state index is -0.383. The van der Waals surface area contributed by atoms with E-state index in [1.165, 1.54) is 43.2 Å². The average Bonchev–Trinajstić information content (AvgIpc) is 3.57. The third-order valence-corrected chi connectivity index (χ3v) is 9.50. The summed E-state index contributed by atoms with van der Waals surface area (Å²) in [6.45, 7) is 3.84. The molecule has 0 bridgehead atoms. The van der Waals surface area contributed by atoms with Gasteiger partial charge in [-0.3, -0.25) is 9.78 Å². The van der Waals surface area contributed by atoms with E-state index in [1.807, 2.05) is 29.2 Å². The summed E-state index contributed by atoms with van der Waals surface area (Å²) in [6, 6.07) is 11.6. The predicted molar refractivity (Wildman–Crippen MR) is 148 cm³/mol. The maximum Gasteiger partial charge on any atom is 0.229 e. The van der Waals surface area contributed by atoms with Crippen LogP contribution in [-0.2, 0) is 23.7 Å². The first-order valence-electron chi connectivity index (χ1n) is 14.2. The van der Waals surface area contributed by atoms with E-state index in [4.69, 9.17) is 4.74 Å². The Morgan fingerprint density at radius 1 is 1.16 bits per heavy atom. The number of ether oxygens (including phenoxy) is 1. The largest absolute Gasteiger partial charge is 0.497 e. The summed E-state index contributed by atoms with van der Waals surface area (Å²) < 4.78 is 7.76. The van der Waals surface area contributed by atoms with Gasteiger partial charge in [-0.25, -0.2) is 0 Å². The Kier molecular flexibility index (Phi) is 6.91. The Labute approximate surface area is 225 Å². The number of rotatable bonds is 6. The molecule has 2 aliphatic heterocycles. The monoisotopic (exact) mass is 516 g/mol. The highest BCUT2D eigenvalue weighted by Crippen LogP contribution is 2.50. The van der Waals surface area contributed by atoms with E-state index in [1.54, 1.807) is 13.3 Å². The molecule has 4 heterocycles. The van der Waals surface area contributed by atoms with E-state index >= 15 is 0 Å². The number of methoxy groups -OCH3 is 1. The fraction of sp³-hybridized carbons (Fsp3) is 0.548. The molecule has 1 amide bonds. The highest BCUT2D eigenvalue weighted by molar-refractivity contribution is 5.90. The molecule has 1 saturated carbocycles. The van der Waals surface area contributed by atoms with Gasteiger partial charge in [0.2, 0.25) is 5.91 Å². The number of aliphatic hydroxyl groups is 1. The van der Waals surface area contributed by atoms with Crippen LogP contribution in [0.2, 0.25) is 0 Å². The van der Waals surface area contributed by atoms with Crippen LogP contribution in [0, 0.1) is 5.92 Å². The smallest absolute Gasteiger partial charge is 0.229 e. The maximum absolute atomic E-state index is 13.8. The van der Waals surface area contributed by atoms with Gasteiger partial charge in [0.1, 0.15) is 5.75 Å². The summed E-state index contributed by atoms with van der Waals surface area (Å²) in [5.41, 5.74) is 4.13. The van der Waals surface area contributed by atoms with Gasteiger partial charge < -0.3 is 24.2 Å². The molecule has 1 aliphatic carbocycles. The van der Waals surface area contributed by atoms with E-state index in [9.17, 15) is 9.90 Å². The lowest BCUT2D eigenvalue weighted by molar-refractivity contribution is -0.136. The lowest BCUT2D eigenvalue weighted by Crippen LogP contribution is -2.56. The van der Waals surface area contributed by atoms with Crippen molar-refractivity contribution in [3.8, 4) is 5.75 Å². The summed E-state index contributed by atoms with van der Waals surface area (Å²) >= 11 is 0. The van der Waals surface area contributed by atoms with Crippen molar-refractivity contribution in [3.63, 3.8) is 0 Å². The van der Waals surface area contributed by atoms with Crippen LogP contribution < -0.4 is 4.74 Å². The van der Waals surface area contributed by atoms with Crippen molar-refractivity contribution in [2.45, 2.75) is 56.4 Å². The van der Waals surface area contributed by atoms with Gasteiger partial charge in [-0.15, -0.1) is 0 Å². The van der Waals surface area contributed by atoms with E-state index in [0.29, 0.717) is 6.54 Å². The van der Waals surface area contributed by atoms with E-state index in [-0.39, 0.29) is 30.4 Å². The van der Waals surface area contributed by atoms with Crippen molar-refractivity contribution < 1.29 is 14.6 Å². The minimum Gasteiger partial charge on any atom is -0.497 e. The van der Waals surface area contributed by atoms with Crippen LogP contribution in [0.5, 0.6) is 5.75 Å². The maximum atomic E-state index is 13.8. The molecule has 1 N–H and O–H groups in total. The molecule has 38 heavy (non-hydrogen) atoms. The lowest BCUT2D eigenvalue weighted by Gasteiger charge is -2.51. The fourth-order valence-corrected chi connectivity index (χ4v) is 7.51. The Hall–Kier alpha value is -2.90. The van der Waals surface area contributed by atoms with Crippen molar-refractivity contribution in [1.29, 1.82) is 0 Å². The van der Waals surface area contributed by atoms with Gasteiger partial charge in [-0.2, -0.15) is 0 Å². The van der Waals surface area contributed by atoms with Gasteiger partial charge >= 0.3 is 0 Å². The van der Waals surface area contributed by atoms with Gasteiger partial charge in [0, 0.05) is 54.6 Å². The van der Waals surface area contributed by atoms with Crippen molar-refractivity contribution >= 4 is 16.8 Å². The van der Waals surface area contributed by atoms with Crippen LogP contribution in [0.1, 0.15) is 61.5 Å². The number of benzene rings is 1. The normalized spacial score (nSPS) is 21.8. The first-order chi connectivity index (χ1) is 18.5. The molecule has 1 atom stereocenters. The molecule has 1 saturated heterocycles. The Morgan fingerprint density at radius 3 is 2.63 bits per heavy atom. The van der Waals surface area contributed by atoms with E-state index in [0.717, 1.165) is 54.5 Å². The highest BCUT2D eigenvalue weighted by Gasteiger charge is 2.49. The number of aliphatic hydroxyl groups excluding tert-OH is 1. The van der Waals surface area contributed by atoms with Crippen LogP contribution >= 0.6 is 0 Å². The lowest BCUT2D eigenvalue weighted by atomic mass is 9.68. The molecular weight excluding hydrogens is 476 g/mol. The number of hydrogen-bond donors (Lipinski definition) is 1. The van der Waals surface area contributed by atoms with Crippen LogP contribution in [0.4, 0.5) is 0 Å². The summed E-state index contributed by atoms with van der Waals surface area (Å²) in [4.78, 5) is 22.9. The van der Waals surface area contributed by atoms with Crippen LogP contribution in [0.25, 0.3) is 10.9 Å². The van der Waals surface area contributed by atoms with Gasteiger partial charge in [-0.1, -0.05) is 18.9 Å². The topological polar surface area (TPSA) is 70.8 Å². The number of carbonyl (C=O) groups excluding carboxylic acids is 1. The summed E-state index contributed by atoms with van der Waals surface area (Å²) in [5, 5.41) is 11.9. The summed E-state index contributed by atoms with van der Waals surface area (Å²) in [6.07, 6.45) is 9.50. The quantitative estimate of drug-likeness (QED) is 0.531. The third-order valence-electron chi connectivity index (χ3n) is 9.50. The fourth-order valence-electron chi connectivity index (χ4n) is 7.51. The van der Waals surface area contributed by atoms with E-state index in [2.05, 4.69) is 33.6 Å². The Morgan fingerprint density at radius 2 is 1.95 bits per heavy atom.